The van der Waals surface area contributed by atoms with E-state index in [1.54, 1.807) is 48.5 Å². The van der Waals surface area contributed by atoms with Crippen molar-refractivity contribution >= 4 is 45.2 Å². The van der Waals surface area contributed by atoms with Crippen molar-refractivity contribution in [3.05, 3.63) is 93.7 Å². The number of benzene rings is 2. The molecule has 1 aliphatic heterocycles. The molecule has 2 heterocycles. The molecule has 9 nitrogen and oxygen atoms in total. The molecule has 0 aliphatic carbocycles. The van der Waals surface area contributed by atoms with Crippen molar-refractivity contribution in [2.75, 3.05) is 5.32 Å². The molecule has 4 amide bonds. The molecule has 2 aromatic carbocycles. The number of para-hydroxylation sites is 1. The van der Waals surface area contributed by atoms with Crippen LogP contribution in [0.5, 0.6) is 0 Å². The lowest BCUT2D eigenvalue weighted by Gasteiger charge is -2.15. The van der Waals surface area contributed by atoms with Crippen LogP contribution in [0.25, 0.3) is 0 Å². The monoisotopic (exact) mass is 560 g/mol. The first-order valence-electron chi connectivity index (χ1n) is 10.3. The van der Waals surface area contributed by atoms with Crippen LogP contribution in [0.3, 0.4) is 0 Å². The second-order valence-corrected chi connectivity index (χ2v) is 8.24. The first-order valence-corrected chi connectivity index (χ1v) is 11.1. The molecular weight excluding hydrogens is 545 g/mol. The Morgan fingerprint density at radius 3 is 2.39 bits per heavy atom. The van der Waals surface area contributed by atoms with Gasteiger partial charge in [-0.1, -0.05) is 48.5 Å². The second-order valence-electron chi connectivity index (χ2n) is 7.39. The number of amides is 4. The largest absolute Gasteiger partial charge is 0.417 e. The molecule has 0 saturated heterocycles. The van der Waals surface area contributed by atoms with Crippen molar-refractivity contribution in [1.82, 2.24) is 21.2 Å². The molecule has 1 aromatic heterocycles. The van der Waals surface area contributed by atoms with Crippen LogP contribution in [0.4, 0.5) is 23.7 Å². The fourth-order valence-corrected chi connectivity index (χ4v) is 3.80. The number of anilines is 1. The van der Waals surface area contributed by atoms with E-state index in [0.29, 0.717) is 34.8 Å². The Morgan fingerprint density at radius 1 is 1.00 bits per heavy atom. The summed E-state index contributed by atoms with van der Waals surface area (Å²) in [5.41, 5.74) is 4.92. The van der Waals surface area contributed by atoms with E-state index in [1.807, 2.05) is 16.9 Å². The number of benzodiazepines with no additional fused rings is 1. The predicted octanol–water partition coefficient (Wildman–Crippen LogP) is 3.62. The summed E-state index contributed by atoms with van der Waals surface area (Å²) in [6, 6.07) is 15.7. The third kappa shape index (κ3) is 5.51. The number of carbonyl (C=O) groups is 3. The molecule has 0 fully saturated rings. The predicted molar refractivity (Wildman–Crippen MR) is 127 cm³/mol. The first kappa shape index (κ1) is 24.9. The molecule has 36 heavy (non-hydrogen) atoms. The van der Waals surface area contributed by atoms with Gasteiger partial charge < -0.3 is 10.6 Å². The summed E-state index contributed by atoms with van der Waals surface area (Å²) in [4.78, 5) is 45.4. The van der Waals surface area contributed by atoms with Crippen LogP contribution in [0.15, 0.2) is 76.3 Å². The molecule has 13 heteroatoms. The maximum atomic E-state index is 12.8. The topological polar surface area (TPSA) is 125 Å². The fraction of sp³-hybridized carbons (Fsp3) is 0.0870. The Hall–Kier alpha value is -4.26. The van der Waals surface area contributed by atoms with Gasteiger partial charge >= 0.3 is 12.2 Å². The number of pyridine rings is 1. The van der Waals surface area contributed by atoms with E-state index in [1.165, 1.54) is 0 Å². The molecule has 1 aliphatic rings. The van der Waals surface area contributed by atoms with Crippen molar-refractivity contribution < 1.29 is 27.6 Å². The van der Waals surface area contributed by atoms with Crippen molar-refractivity contribution in [3.63, 3.8) is 0 Å². The number of fused-ring (bicyclic) bond motifs is 1. The minimum Gasteiger partial charge on any atom is -0.322 e. The second kappa shape index (κ2) is 10.2. The van der Waals surface area contributed by atoms with Gasteiger partial charge in [-0.3, -0.25) is 15.0 Å². The summed E-state index contributed by atoms with van der Waals surface area (Å²) in [6.45, 7) is 0. The summed E-state index contributed by atoms with van der Waals surface area (Å²) in [5.74, 6) is -1.61. The zero-order chi connectivity index (χ0) is 25.9. The van der Waals surface area contributed by atoms with Crippen LogP contribution in [-0.4, -0.2) is 34.7 Å². The van der Waals surface area contributed by atoms with Crippen molar-refractivity contribution in [1.29, 1.82) is 0 Å². The lowest BCUT2D eigenvalue weighted by atomic mass is 10.0. The van der Waals surface area contributed by atoms with Gasteiger partial charge in [0, 0.05) is 21.8 Å². The minimum atomic E-state index is -4.64. The number of aliphatic imine (C=N–C) groups is 1. The van der Waals surface area contributed by atoms with E-state index < -0.39 is 41.4 Å². The average molecular weight is 561 g/mol. The molecule has 0 radical (unpaired) electrons. The molecule has 1 unspecified atom stereocenters. The number of aromatic nitrogens is 1. The number of hydrogen-bond donors (Lipinski definition) is 4. The number of carbonyl (C=O) groups excluding carboxylic acids is 3. The number of urea groups is 1. The standard InChI is InChI=1S/C23H16BrF3N6O3/c24-15-10-13(23(25,26)27)11-28-18(15)20(34)32-33-22(36)31-19-21(35)29-16-9-5-4-8-14(16)17(30-19)12-6-2-1-3-7-12/h1-11,19H,(H,29,35)(H,32,34)(H2,31,33,36). The molecule has 4 rings (SSSR count). The SMILES string of the molecule is O=C(NNC(=O)c1ncc(C(F)(F)F)cc1Br)NC1N=C(c2ccccc2)c2ccccc2NC1=O. The Kier molecular flexibility index (Phi) is 7.01. The van der Waals surface area contributed by atoms with Gasteiger partial charge in [0.25, 0.3) is 11.8 Å². The van der Waals surface area contributed by atoms with Gasteiger partial charge in [-0.25, -0.2) is 20.2 Å². The van der Waals surface area contributed by atoms with Gasteiger partial charge in [0.15, 0.2) is 0 Å². The van der Waals surface area contributed by atoms with Gasteiger partial charge in [0.05, 0.1) is 17.0 Å². The average Bonchev–Trinajstić information content (AvgIpc) is 2.98. The van der Waals surface area contributed by atoms with E-state index in [9.17, 15) is 27.6 Å². The summed E-state index contributed by atoms with van der Waals surface area (Å²) < 4.78 is 38.1. The zero-order valence-corrected chi connectivity index (χ0v) is 19.6. The minimum absolute atomic E-state index is 0.227. The number of hydrogen-bond acceptors (Lipinski definition) is 5. The van der Waals surface area contributed by atoms with Gasteiger partial charge in [-0.2, -0.15) is 13.2 Å². The summed E-state index contributed by atoms with van der Waals surface area (Å²) in [6.07, 6.45) is -5.51. The van der Waals surface area contributed by atoms with Gasteiger partial charge in [-0.15, -0.1) is 0 Å². The molecule has 184 valence electrons. The molecule has 0 spiro atoms. The number of nitrogens with zero attached hydrogens (tertiary/aromatic N) is 2. The first-order chi connectivity index (χ1) is 17.1. The Labute approximate surface area is 210 Å². The Bertz CT molecular complexity index is 1360. The van der Waals surface area contributed by atoms with Crippen molar-refractivity contribution in [2.24, 2.45) is 4.99 Å². The summed E-state index contributed by atoms with van der Waals surface area (Å²) in [7, 11) is 0. The zero-order valence-electron chi connectivity index (χ0n) is 18.1. The smallest absolute Gasteiger partial charge is 0.322 e. The third-order valence-electron chi connectivity index (χ3n) is 4.93. The molecule has 0 saturated carbocycles. The quantitative estimate of drug-likeness (QED) is 0.365. The molecule has 4 N–H and O–H groups in total. The van der Waals surface area contributed by atoms with Crippen molar-refractivity contribution in [3.8, 4) is 0 Å². The number of nitrogens with one attached hydrogen (secondary N) is 4. The number of hydrazine groups is 1. The highest BCUT2D eigenvalue weighted by molar-refractivity contribution is 9.10. The summed E-state index contributed by atoms with van der Waals surface area (Å²) in [5, 5.41) is 5.05. The van der Waals surface area contributed by atoms with Gasteiger partial charge in [-0.05, 0) is 28.1 Å². The molecular formula is C23H16BrF3N6O3. The van der Waals surface area contributed by atoms with Crippen molar-refractivity contribution in [2.45, 2.75) is 12.3 Å². The summed E-state index contributed by atoms with van der Waals surface area (Å²) >= 11 is 2.86. The number of alkyl halides is 3. The highest BCUT2D eigenvalue weighted by atomic mass is 79.9. The Morgan fingerprint density at radius 2 is 1.69 bits per heavy atom. The van der Waals surface area contributed by atoms with Crippen LogP contribution in [0.2, 0.25) is 0 Å². The van der Waals surface area contributed by atoms with E-state index in [2.05, 4.69) is 36.5 Å². The van der Waals surface area contributed by atoms with Crippen LogP contribution in [-0.2, 0) is 11.0 Å². The third-order valence-corrected chi connectivity index (χ3v) is 5.54. The van der Waals surface area contributed by atoms with E-state index in [0.717, 1.165) is 0 Å². The normalized spacial score (nSPS) is 15.1. The molecule has 0 bridgehead atoms. The molecule has 3 aromatic rings. The maximum absolute atomic E-state index is 12.8. The van der Waals surface area contributed by atoms with Crippen LogP contribution in [0, 0.1) is 0 Å². The lowest BCUT2D eigenvalue weighted by molar-refractivity contribution is -0.137. The van der Waals surface area contributed by atoms with E-state index in [-0.39, 0.29) is 4.47 Å². The van der Waals surface area contributed by atoms with Gasteiger partial charge in [0.2, 0.25) is 6.17 Å². The highest BCUT2D eigenvalue weighted by Crippen LogP contribution is 2.31. The highest BCUT2D eigenvalue weighted by Gasteiger charge is 2.32. The Balaban J connectivity index is 1.48. The van der Waals surface area contributed by atoms with Crippen LogP contribution in [0.1, 0.15) is 27.2 Å². The number of rotatable bonds is 3. The van der Waals surface area contributed by atoms with E-state index >= 15 is 0 Å². The number of halogens is 4. The fourth-order valence-electron chi connectivity index (χ4n) is 3.27. The van der Waals surface area contributed by atoms with Crippen LogP contribution < -0.4 is 21.5 Å². The lowest BCUT2D eigenvalue weighted by Crippen LogP contribution is -2.52. The maximum Gasteiger partial charge on any atom is 0.417 e. The van der Waals surface area contributed by atoms with Gasteiger partial charge in [0.1, 0.15) is 5.69 Å². The van der Waals surface area contributed by atoms with E-state index in [4.69, 9.17) is 0 Å². The molecule has 1 atom stereocenters. The van der Waals surface area contributed by atoms with Crippen LogP contribution >= 0.6 is 15.9 Å².